The van der Waals surface area contributed by atoms with Crippen molar-refractivity contribution in [3.05, 3.63) is 23.7 Å². The largest absolute Gasteiger partial charge is 0.339 e. The van der Waals surface area contributed by atoms with Crippen LogP contribution in [-0.2, 0) is 17.1 Å². The van der Waals surface area contributed by atoms with E-state index in [0.29, 0.717) is 13.1 Å². The van der Waals surface area contributed by atoms with Crippen LogP contribution in [0, 0.1) is 0 Å². The lowest BCUT2D eigenvalue weighted by atomic mass is 10.1. The Bertz CT molecular complexity index is 585. The molecule has 0 N–H and O–H groups in total. The summed E-state index contributed by atoms with van der Waals surface area (Å²) < 4.78 is 27.9. The molecule has 2 heterocycles. The standard InChI is InChI=1S/C12H17N3O2S/c1-14-8-12(13-9-14)18(16,17)15-6-4-11(5-7-15)10-2-3-10/h8-9H,2-7H2,1H3. The lowest BCUT2D eigenvalue weighted by molar-refractivity contribution is 0.385. The minimum Gasteiger partial charge on any atom is -0.339 e. The molecule has 0 aromatic carbocycles. The Labute approximate surface area is 107 Å². The van der Waals surface area contributed by atoms with Crippen molar-refractivity contribution in [2.75, 3.05) is 13.1 Å². The highest BCUT2D eigenvalue weighted by atomic mass is 32.2. The van der Waals surface area contributed by atoms with Gasteiger partial charge in [0.2, 0.25) is 0 Å². The molecule has 1 aliphatic heterocycles. The van der Waals surface area contributed by atoms with Crippen molar-refractivity contribution in [3.8, 4) is 0 Å². The first-order valence-electron chi connectivity index (χ1n) is 6.25. The summed E-state index contributed by atoms with van der Waals surface area (Å²) >= 11 is 0. The number of piperidine rings is 1. The summed E-state index contributed by atoms with van der Waals surface area (Å²) in [5, 5.41) is 0.160. The maximum Gasteiger partial charge on any atom is 0.262 e. The number of imidazole rings is 1. The van der Waals surface area contributed by atoms with E-state index in [0.717, 1.165) is 12.8 Å². The topological polar surface area (TPSA) is 55.2 Å². The van der Waals surface area contributed by atoms with E-state index in [2.05, 4.69) is 4.98 Å². The summed E-state index contributed by atoms with van der Waals surface area (Å²) in [5.41, 5.74) is 3.05. The molecule has 0 amide bonds. The summed E-state index contributed by atoms with van der Waals surface area (Å²) in [6, 6.07) is 0. The van der Waals surface area contributed by atoms with Crippen molar-refractivity contribution < 1.29 is 8.42 Å². The molecule has 0 unspecified atom stereocenters. The molecular weight excluding hydrogens is 250 g/mol. The van der Waals surface area contributed by atoms with E-state index < -0.39 is 10.0 Å². The van der Waals surface area contributed by atoms with E-state index in [1.165, 1.54) is 24.7 Å². The molecule has 0 radical (unpaired) electrons. The van der Waals surface area contributed by atoms with Crippen molar-refractivity contribution in [2.24, 2.45) is 7.05 Å². The SMILES string of the molecule is Cn1cnc(S(=O)(=O)N2CCC(=C3CC3)CC2)c1. The molecule has 18 heavy (non-hydrogen) atoms. The molecular formula is C12H17N3O2S. The number of aromatic nitrogens is 2. The number of allylic oxidation sites excluding steroid dienone is 1. The van der Waals surface area contributed by atoms with Crippen molar-refractivity contribution in [3.63, 3.8) is 0 Å². The lowest BCUT2D eigenvalue weighted by Crippen LogP contribution is -2.36. The van der Waals surface area contributed by atoms with Gasteiger partial charge in [-0.1, -0.05) is 11.1 Å². The van der Waals surface area contributed by atoms with Gasteiger partial charge in [0, 0.05) is 26.3 Å². The molecule has 1 aliphatic carbocycles. The fourth-order valence-corrected chi connectivity index (χ4v) is 3.83. The van der Waals surface area contributed by atoms with Gasteiger partial charge >= 0.3 is 0 Å². The number of rotatable bonds is 2. The quantitative estimate of drug-likeness (QED) is 0.759. The molecule has 1 aromatic rings. The van der Waals surface area contributed by atoms with Crippen LogP contribution in [0.25, 0.3) is 0 Å². The van der Waals surface area contributed by atoms with Crippen LogP contribution in [0.3, 0.4) is 0 Å². The Kier molecular flexibility index (Phi) is 2.79. The normalized spacial score (nSPS) is 21.4. The minimum absolute atomic E-state index is 0.160. The van der Waals surface area contributed by atoms with Gasteiger partial charge < -0.3 is 4.57 Å². The van der Waals surface area contributed by atoms with Crippen LogP contribution < -0.4 is 0 Å². The Balaban J connectivity index is 1.77. The van der Waals surface area contributed by atoms with Crippen LogP contribution in [-0.4, -0.2) is 35.4 Å². The minimum atomic E-state index is -3.39. The Morgan fingerprint density at radius 1 is 1.11 bits per heavy atom. The van der Waals surface area contributed by atoms with Gasteiger partial charge in [-0.15, -0.1) is 0 Å². The van der Waals surface area contributed by atoms with Crippen molar-refractivity contribution >= 4 is 10.0 Å². The third-order valence-electron chi connectivity index (χ3n) is 3.61. The van der Waals surface area contributed by atoms with Crippen LogP contribution >= 0.6 is 0 Å². The second-order valence-corrected chi connectivity index (χ2v) is 6.87. The molecule has 1 aromatic heterocycles. The summed E-state index contributed by atoms with van der Waals surface area (Å²) in [4.78, 5) is 3.95. The van der Waals surface area contributed by atoms with Crippen LogP contribution in [0.4, 0.5) is 0 Å². The van der Waals surface area contributed by atoms with E-state index in [9.17, 15) is 8.42 Å². The van der Waals surface area contributed by atoms with Crippen LogP contribution in [0.2, 0.25) is 0 Å². The molecule has 98 valence electrons. The fraction of sp³-hybridized carbons (Fsp3) is 0.583. The van der Waals surface area contributed by atoms with Gasteiger partial charge in [-0.05, 0) is 25.7 Å². The molecule has 0 bridgehead atoms. The van der Waals surface area contributed by atoms with Gasteiger partial charge in [0.25, 0.3) is 10.0 Å². The van der Waals surface area contributed by atoms with Gasteiger partial charge in [-0.2, -0.15) is 4.31 Å². The third-order valence-corrected chi connectivity index (χ3v) is 5.40. The Hall–Kier alpha value is -1.14. The summed E-state index contributed by atoms with van der Waals surface area (Å²) in [5.74, 6) is 0. The summed E-state index contributed by atoms with van der Waals surface area (Å²) in [6.07, 6.45) is 7.31. The molecule has 1 saturated carbocycles. The molecule has 0 atom stereocenters. The molecule has 0 spiro atoms. The predicted molar refractivity (Wildman–Crippen MR) is 67.5 cm³/mol. The maximum atomic E-state index is 12.3. The van der Waals surface area contributed by atoms with Crippen molar-refractivity contribution in [2.45, 2.75) is 30.7 Å². The van der Waals surface area contributed by atoms with Crippen molar-refractivity contribution in [1.82, 2.24) is 13.9 Å². The molecule has 3 rings (SSSR count). The summed E-state index contributed by atoms with van der Waals surface area (Å²) in [6.45, 7) is 1.19. The Morgan fingerprint density at radius 3 is 2.22 bits per heavy atom. The zero-order valence-corrected chi connectivity index (χ0v) is 11.3. The summed E-state index contributed by atoms with van der Waals surface area (Å²) in [7, 11) is -1.62. The first-order chi connectivity index (χ1) is 8.57. The van der Waals surface area contributed by atoms with E-state index >= 15 is 0 Å². The average Bonchev–Trinajstić information content (AvgIpc) is 3.11. The zero-order valence-electron chi connectivity index (χ0n) is 10.5. The average molecular weight is 267 g/mol. The molecule has 6 heteroatoms. The number of hydrogen-bond donors (Lipinski definition) is 0. The van der Waals surface area contributed by atoms with Gasteiger partial charge in [-0.25, -0.2) is 13.4 Å². The molecule has 1 saturated heterocycles. The van der Waals surface area contributed by atoms with Gasteiger partial charge in [0.05, 0.1) is 6.33 Å². The van der Waals surface area contributed by atoms with Gasteiger partial charge in [-0.3, -0.25) is 0 Å². The second-order valence-electron chi connectivity index (χ2n) is 4.99. The van der Waals surface area contributed by atoms with E-state index in [1.807, 2.05) is 0 Å². The van der Waals surface area contributed by atoms with E-state index in [4.69, 9.17) is 0 Å². The Morgan fingerprint density at radius 2 is 1.72 bits per heavy atom. The van der Waals surface area contributed by atoms with Gasteiger partial charge in [0.15, 0.2) is 5.03 Å². The first-order valence-corrected chi connectivity index (χ1v) is 7.69. The molecule has 5 nitrogen and oxygen atoms in total. The fourth-order valence-electron chi connectivity index (χ4n) is 2.42. The zero-order chi connectivity index (χ0) is 12.8. The third kappa shape index (κ3) is 2.10. The number of nitrogens with zero attached hydrogens (tertiary/aromatic N) is 3. The predicted octanol–water partition coefficient (Wildman–Crippen LogP) is 1.29. The van der Waals surface area contributed by atoms with Crippen LogP contribution in [0.15, 0.2) is 28.7 Å². The second kappa shape index (κ2) is 4.20. The first kappa shape index (κ1) is 11.9. The van der Waals surface area contributed by atoms with Crippen LogP contribution in [0.1, 0.15) is 25.7 Å². The number of hydrogen-bond acceptors (Lipinski definition) is 3. The van der Waals surface area contributed by atoms with E-state index in [-0.39, 0.29) is 5.03 Å². The van der Waals surface area contributed by atoms with Gasteiger partial charge in [0.1, 0.15) is 0 Å². The smallest absolute Gasteiger partial charge is 0.262 e. The van der Waals surface area contributed by atoms with Crippen molar-refractivity contribution in [1.29, 1.82) is 0 Å². The molecule has 2 fully saturated rings. The molecule has 2 aliphatic rings. The highest BCUT2D eigenvalue weighted by Gasteiger charge is 2.30. The monoisotopic (exact) mass is 267 g/mol. The van der Waals surface area contributed by atoms with E-state index in [1.54, 1.807) is 27.7 Å². The number of aryl methyl sites for hydroxylation is 1. The highest BCUT2D eigenvalue weighted by Crippen LogP contribution is 2.36. The van der Waals surface area contributed by atoms with Crippen LogP contribution in [0.5, 0.6) is 0 Å². The number of sulfonamides is 1. The maximum absolute atomic E-state index is 12.3. The highest BCUT2D eigenvalue weighted by molar-refractivity contribution is 7.89. The lowest BCUT2D eigenvalue weighted by Gasteiger charge is -2.26.